The molecule has 1 aliphatic rings. The second-order valence-corrected chi connectivity index (χ2v) is 5.32. The molecule has 1 saturated heterocycles. The van der Waals surface area contributed by atoms with E-state index in [1.165, 1.54) is 19.3 Å². The number of ether oxygens (including phenoxy) is 1. The number of nitrogens with zero attached hydrogens (tertiary/aromatic N) is 1. The van der Waals surface area contributed by atoms with Crippen LogP contribution >= 0.6 is 11.8 Å². The number of amides is 1. The summed E-state index contributed by atoms with van der Waals surface area (Å²) in [6.07, 6.45) is 5.79. The van der Waals surface area contributed by atoms with Gasteiger partial charge < -0.3 is 10.1 Å². The van der Waals surface area contributed by atoms with E-state index in [2.05, 4.69) is 17.2 Å². The van der Waals surface area contributed by atoms with Crippen LogP contribution in [0.1, 0.15) is 39.0 Å². The van der Waals surface area contributed by atoms with Gasteiger partial charge in [-0.05, 0) is 6.42 Å². The fourth-order valence-corrected chi connectivity index (χ4v) is 2.71. The van der Waals surface area contributed by atoms with Crippen molar-refractivity contribution < 1.29 is 9.53 Å². The Labute approximate surface area is 108 Å². The largest absolute Gasteiger partial charge is 0.383 e. The summed E-state index contributed by atoms with van der Waals surface area (Å²) in [6.45, 7) is 3.40. The lowest BCUT2D eigenvalue weighted by atomic mass is 10.1. The van der Waals surface area contributed by atoms with Gasteiger partial charge in [-0.1, -0.05) is 44.4 Å². The lowest BCUT2D eigenvalue weighted by Crippen LogP contribution is -2.25. The summed E-state index contributed by atoms with van der Waals surface area (Å²) in [5.41, 5.74) is 0. The maximum atomic E-state index is 11.6. The van der Waals surface area contributed by atoms with Crippen molar-refractivity contribution in [3.8, 4) is 0 Å². The standard InChI is InChI=1S/C12H22N2O2S/c1-3-4-5-6-7-10-11(15)14-12(17-10)13-8-9-16-2/h10H,3-9H2,1-2H3,(H,13,14,15). The van der Waals surface area contributed by atoms with Crippen LogP contribution < -0.4 is 5.32 Å². The van der Waals surface area contributed by atoms with E-state index in [-0.39, 0.29) is 11.2 Å². The Morgan fingerprint density at radius 1 is 1.41 bits per heavy atom. The van der Waals surface area contributed by atoms with Gasteiger partial charge in [-0.2, -0.15) is 0 Å². The minimum atomic E-state index is 0.0631. The molecule has 1 rings (SSSR count). The summed E-state index contributed by atoms with van der Waals surface area (Å²) in [7, 11) is 1.65. The number of carbonyl (C=O) groups excluding carboxylic acids is 1. The highest BCUT2D eigenvalue weighted by atomic mass is 32.2. The minimum absolute atomic E-state index is 0.0631. The van der Waals surface area contributed by atoms with E-state index in [0.29, 0.717) is 13.2 Å². The van der Waals surface area contributed by atoms with Crippen molar-refractivity contribution >= 4 is 22.8 Å². The maximum Gasteiger partial charge on any atom is 0.239 e. The second-order valence-electron chi connectivity index (χ2n) is 4.12. The van der Waals surface area contributed by atoms with Crippen molar-refractivity contribution in [3.63, 3.8) is 0 Å². The minimum Gasteiger partial charge on any atom is -0.383 e. The summed E-state index contributed by atoms with van der Waals surface area (Å²) < 4.78 is 4.92. The lowest BCUT2D eigenvalue weighted by Gasteiger charge is -2.03. The average molecular weight is 258 g/mol. The summed E-state index contributed by atoms with van der Waals surface area (Å²) in [4.78, 5) is 15.9. The van der Waals surface area contributed by atoms with Gasteiger partial charge in [-0.15, -0.1) is 0 Å². The Bertz CT molecular complexity index is 269. The van der Waals surface area contributed by atoms with Gasteiger partial charge in [0.15, 0.2) is 5.17 Å². The normalized spacial score (nSPS) is 22.1. The monoisotopic (exact) mass is 258 g/mol. The van der Waals surface area contributed by atoms with Gasteiger partial charge in [0.1, 0.15) is 0 Å². The van der Waals surface area contributed by atoms with Crippen LogP contribution in [0.5, 0.6) is 0 Å². The van der Waals surface area contributed by atoms with Crippen molar-refractivity contribution in [2.75, 3.05) is 20.3 Å². The van der Waals surface area contributed by atoms with E-state index >= 15 is 0 Å². The predicted octanol–water partition coefficient (Wildman–Crippen LogP) is 2.19. The Kier molecular flexibility index (Phi) is 7.28. The second kappa shape index (κ2) is 8.53. The fraction of sp³-hybridized carbons (Fsp3) is 0.833. The molecular weight excluding hydrogens is 236 g/mol. The van der Waals surface area contributed by atoms with E-state index in [1.54, 1.807) is 18.9 Å². The van der Waals surface area contributed by atoms with Crippen molar-refractivity contribution in [2.45, 2.75) is 44.3 Å². The molecule has 0 bridgehead atoms. The molecule has 1 aliphatic heterocycles. The van der Waals surface area contributed by atoms with Crippen molar-refractivity contribution in [1.82, 2.24) is 5.32 Å². The number of thioether (sulfide) groups is 1. The number of methoxy groups -OCH3 is 1. The van der Waals surface area contributed by atoms with Gasteiger partial charge in [0.2, 0.25) is 5.91 Å². The molecule has 1 atom stereocenters. The number of amidine groups is 1. The quantitative estimate of drug-likeness (QED) is 0.679. The van der Waals surface area contributed by atoms with Crippen LogP contribution in [0.3, 0.4) is 0 Å². The molecule has 17 heavy (non-hydrogen) atoms. The number of unbranched alkanes of at least 4 members (excludes halogenated alkanes) is 3. The highest BCUT2D eigenvalue weighted by molar-refractivity contribution is 8.15. The maximum absolute atomic E-state index is 11.6. The third kappa shape index (κ3) is 5.55. The molecule has 0 radical (unpaired) electrons. The molecule has 1 N–H and O–H groups in total. The van der Waals surface area contributed by atoms with Gasteiger partial charge in [0, 0.05) is 7.11 Å². The van der Waals surface area contributed by atoms with Crippen LogP contribution in [0, 0.1) is 0 Å². The predicted molar refractivity (Wildman–Crippen MR) is 72.5 cm³/mol. The van der Waals surface area contributed by atoms with Crippen molar-refractivity contribution in [2.24, 2.45) is 4.99 Å². The molecule has 1 amide bonds. The van der Waals surface area contributed by atoms with E-state index in [4.69, 9.17) is 4.74 Å². The van der Waals surface area contributed by atoms with Crippen LogP contribution in [-0.4, -0.2) is 36.6 Å². The first-order valence-corrected chi connectivity index (χ1v) is 7.16. The van der Waals surface area contributed by atoms with E-state index in [9.17, 15) is 4.79 Å². The number of carbonyl (C=O) groups is 1. The highest BCUT2D eigenvalue weighted by Crippen LogP contribution is 2.24. The molecule has 0 saturated carbocycles. The van der Waals surface area contributed by atoms with Crippen LogP contribution in [-0.2, 0) is 9.53 Å². The molecule has 1 fully saturated rings. The topological polar surface area (TPSA) is 50.7 Å². The molecule has 0 aromatic heterocycles. The fourth-order valence-electron chi connectivity index (χ4n) is 1.67. The van der Waals surface area contributed by atoms with E-state index in [0.717, 1.165) is 18.0 Å². The van der Waals surface area contributed by atoms with Gasteiger partial charge in [0.25, 0.3) is 0 Å². The smallest absolute Gasteiger partial charge is 0.239 e. The van der Waals surface area contributed by atoms with Crippen molar-refractivity contribution in [1.29, 1.82) is 0 Å². The molecule has 0 aromatic carbocycles. The van der Waals surface area contributed by atoms with Crippen LogP contribution in [0.25, 0.3) is 0 Å². The Morgan fingerprint density at radius 3 is 2.94 bits per heavy atom. The molecule has 0 aromatic rings. The summed E-state index contributed by atoms with van der Waals surface area (Å²) in [6, 6.07) is 0. The summed E-state index contributed by atoms with van der Waals surface area (Å²) in [5, 5.41) is 3.64. The van der Waals surface area contributed by atoms with E-state index < -0.39 is 0 Å². The first-order valence-electron chi connectivity index (χ1n) is 6.28. The zero-order chi connectivity index (χ0) is 12.5. The van der Waals surface area contributed by atoms with Crippen LogP contribution in [0.4, 0.5) is 0 Å². The molecule has 5 heteroatoms. The number of aliphatic imine (C=N–C) groups is 1. The molecule has 0 aliphatic carbocycles. The molecular formula is C12H22N2O2S. The molecule has 4 nitrogen and oxygen atoms in total. The molecule has 1 heterocycles. The summed E-state index contributed by atoms with van der Waals surface area (Å²) in [5.74, 6) is 0.114. The van der Waals surface area contributed by atoms with Gasteiger partial charge >= 0.3 is 0 Å². The average Bonchev–Trinajstić information content (AvgIpc) is 2.66. The van der Waals surface area contributed by atoms with Crippen molar-refractivity contribution in [3.05, 3.63) is 0 Å². The number of rotatable bonds is 8. The van der Waals surface area contributed by atoms with Gasteiger partial charge in [-0.3, -0.25) is 9.79 Å². The Hall–Kier alpha value is -0.550. The molecule has 98 valence electrons. The third-order valence-electron chi connectivity index (χ3n) is 2.65. The number of hydrogen-bond acceptors (Lipinski definition) is 4. The summed E-state index contributed by atoms with van der Waals surface area (Å²) >= 11 is 1.56. The first-order chi connectivity index (χ1) is 8.27. The SMILES string of the molecule is CCCCCCC1SC(=NCCOC)NC1=O. The molecule has 1 unspecified atom stereocenters. The number of hydrogen-bond donors (Lipinski definition) is 1. The molecule has 0 spiro atoms. The Morgan fingerprint density at radius 2 is 2.24 bits per heavy atom. The zero-order valence-corrected chi connectivity index (χ0v) is 11.5. The lowest BCUT2D eigenvalue weighted by molar-refractivity contribution is -0.118. The zero-order valence-electron chi connectivity index (χ0n) is 10.7. The van der Waals surface area contributed by atoms with E-state index in [1.807, 2.05) is 0 Å². The van der Waals surface area contributed by atoms with Crippen LogP contribution in [0.15, 0.2) is 4.99 Å². The highest BCUT2D eigenvalue weighted by Gasteiger charge is 2.29. The van der Waals surface area contributed by atoms with Gasteiger partial charge in [-0.25, -0.2) is 0 Å². The van der Waals surface area contributed by atoms with Crippen LogP contribution in [0.2, 0.25) is 0 Å². The Balaban J connectivity index is 2.24. The van der Waals surface area contributed by atoms with Gasteiger partial charge in [0.05, 0.1) is 18.4 Å². The third-order valence-corrected chi connectivity index (χ3v) is 3.84. The first kappa shape index (κ1) is 14.5. The number of nitrogens with one attached hydrogen (secondary N) is 1.